The fourth-order valence-corrected chi connectivity index (χ4v) is 3.07. The Morgan fingerprint density at radius 3 is 2.67 bits per heavy atom. The van der Waals surface area contributed by atoms with Crippen molar-refractivity contribution in [2.75, 3.05) is 11.9 Å². The third kappa shape index (κ3) is 3.70. The van der Waals surface area contributed by atoms with Crippen LogP contribution in [0, 0.1) is 0 Å². The molecule has 30 heavy (non-hydrogen) atoms. The molecule has 2 N–H and O–H groups in total. The fraction of sp³-hybridized carbons (Fsp3) is 0.0909. The lowest BCUT2D eigenvalue weighted by Crippen LogP contribution is -2.05. The summed E-state index contributed by atoms with van der Waals surface area (Å²) < 4.78 is 6.91. The van der Waals surface area contributed by atoms with E-state index in [1.54, 1.807) is 55.8 Å². The maximum atomic E-state index is 12.1. The van der Waals surface area contributed by atoms with Gasteiger partial charge in [0.25, 0.3) is 0 Å². The first kappa shape index (κ1) is 19.1. The molecule has 2 aromatic heterocycles. The van der Waals surface area contributed by atoms with Crippen LogP contribution in [0.1, 0.15) is 27.6 Å². The molecule has 0 fully saturated rings. The first-order chi connectivity index (χ1) is 14.6. The second kappa shape index (κ2) is 8.04. The zero-order chi connectivity index (χ0) is 21.1. The number of nitrogens with zero attached hydrogens (tertiary/aromatic N) is 3. The van der Waals surface area contributed by atoms with Crippen molar-refractivity contribution in [3.63, 3.8) is 0 Å². The van der Waals surface area contributed by atoms with Gasteiger partial charge in [-0.15, -0.1) is 0 Å². The molecule has 0 unspecified atom stereocenters. The number of nitrogens with one attached hydrogen (secondary N) is 1. The number of aromatic nitrogens is 3. The van der Waals surface area contributed by atoms with Gasteiger partial charge < -0.3 is 15.2 Å². The number of ether oxygens (including phenoxy) is 1. The molecular weight excluding hydrogens is 384 g/mol. The van der Waals surface area contributed by atoms with Gasteiger partial charge in [-0.3, -0.25) is 9.38 Å². The smallest absolute Gasteiger partial charge is 0.338 e. The van der Waals surface area contributed by atoms with Gasteiger partial charge in [-0.05, 0) is 37.3 Å². The van der Waals surface area contributed by atoms with Crippen LogP contribution >= 0.6 is 0 Å². The van der Waals surface area contributed by atoms with E-state index in [0.29, 0.717) is 35.0 Å². The van der Waals surface area contributed by atoms with Gasteiger partial charge in [0, 0.05) is 23.6 Å². The number of carbonyl (C=O) groups is 2. The molecular formula is C22H18N4O4. The minimum absolute atomic E-state index is 0.195. The van der Waals surface area contributed by atoms with Crippen LogP contribution in [-0.2, 0) is 4.74 Å². The van der Waals surface area contributed by atoms with E-state index in [1.807, 2.05) is 10.5 Å². The molecule has 0 bridgehead atoms. The highest BCUT2D eigenvalue weighted by molar-refractivity contribution is 5.91. The van der Waals surface area contributed by atoms with Gasteiger partial charge in [-0.25, -0.2) is 14.6 Å². The highest BCUT2D eigenvalue weighted by Crippen LogP contribution is 2.31. The first-order valence-electron chi connectivity index (χ1n) is 9.27. The van der Waals surface area contributed by atoms with Crippen molar-refractivity contribution in [2.24, 2.45) is 0 Å². The van der Waals surface area contributed by atoms with Gasteiger partial charge in [0.2, 0.25) is 0 Å². The van der Waals surface area contributed by atoms with Gasteiger partial charge in [0.15, 0.2) is 5.65 Å². The third-order valence-corrected chi connectivity index (χ3v) is 4.47. The van der Waals surface area contributed by atoms with E-state index in [9.17, 15) is 9.59 Å². The Morgan fingerprint density at radius 2 is 1.93 bits per heavy atom. The van der Waals surface area contributed by atoms with Crippen LogP contribution < -0.4 is 5.32 Å². The molecule has 0 aliphatic heterocycles. The number of hydrogen-bond donors (Lipinski definition) is 2. The number of benzene rings is 2. The van der Waals surface area contributed by atoms with Gasteiger partial charge in [-0.1, -0.05) is 18.2 Å². The minimum atomic E-state index is -0.991. The second-order valence-electron chi connectivity index (χ2n) is 6.42. The Kier molecular flexibility index (Phi) is 5.13. The molecule has 4 aromatic rings. The molecule has 0 radical (unpaired) electrons. The summed E-state index contributed by atoms with van der Waals surface area (Å²) in [6.07, 6.45) is 5.05. The molecule has 0 spiro atoms. The van der Waals surface area contributed by atoms with Crippen molar-refractivity contribution in [1.29, 1.82) is 0 Å². The van der Waals surface area contributed by atoms with E-state index in [1.165, 1.54) is 12.1 Å². The number of rotatable bonds is 6. The summed E-state index contributed by atoms with van der Waals surface area (Å²) in [6, 6.07) is 13.5. The molecule has 4 rings (SSSR count). The van der Waals surface area contributed by atoms with Crippen LogP contribution in [0.25, 0.3) is 16.9 Å². The summed E-state index contributed by atoms with van der Waals surface area (Å²) in [6.45, 7) is 2.06. The summed E-state index contributed by atoms with van der Waals surface area (Å²) in [5.41, 5.74) is 3.31. The predicted molar refractivity (Wildman–Crippen MR) is 111 cm³/mol. The zero-order valence-electron chi connectivity index (χ0n) is 16.1. The van der Waals surface area contributed by atoms with E-state index in [2.05, 4.69) is 15.3 Å². The molecule has 8 nitrogen and oxygen atoms in total. The monoisotopic (exact) mass is 402 g/mol. The minimum Gasteiger partial charge on any atom is -0.478 e. The summed E-state index contributed by atoms with van der Waals surface area (Å²) in [5, 5.41) is 12.5. The number of esters is 1. The maximum Gasteiger partial charge on any atom is 0.338 e. The molecule has 0 atom stereocenters. The number of carbonyl (C=O) groups excluding carboxylic acids is 1. The maximum absolute atomic E-state index is 12.1. The lowest BCUT2D eigenvalue weighted by molar-refractivity contribution is 0.0526. The van der Waals surface area contributed by atoms with Crippen molar-refractivity contribution >= 4 is 29.1 Å². The van der Waals surface area contributed by atoms with Crippen LogP contribution in [0.4, 0.5) is 11.5 Å². The van der Waals surface area contributed by atoms with E-state index in [-0.39, 0.29) is 5.56 Å². The molecule has 2 heterocycles. The average Bonchev–Trinajstić information content (AvgIpc) is 3.12. The van der Waals surface area contributed by atoms with Crippen LogP contribution in [-0.4, -0.2) is 38.0 Å². The quantitative estimate of drug-likeness (QED) is 0.469. The molecule has 2 aromatic carbocycles. The second-order valence-corrected chi connectivity index (χ2v) is 6.42. The molecule has 0 amide bonds. The number of carboxylic acids is 1. The molecule has 0 aliphatic carbocycles. The first-order valence-corrected chi connectivity index (χ1v) is 9.27. The molecule has 0 saturated carbocycles. The van der Waals surface area contributed by atoms with Crippen molar-refractivity contribution < 1.29 is 19.4 Å². The SMILES string of the molecule is CCOC(=O)c1cccc(Nc2c(-c3ccc(C(=O)O)cc3)nc3cnccn23)c1. The fourth-order valence-electron chi connectivity index (χ4n) is 3.07. The van der Waals surface area contributed by atoms with Gasteiger partial charge in [-0.2, -0.15) is 0 Å². The number of hydrogen-bond acceptors (Lipinski definition) is 6. The molecule has 8 heteroatoms. The van der Waals surface area contributed by atoms with Gasteiger partial charge in [0.05, 0.1) is 23.9 Å². The lowest BCUT2D eigenvalue weighted by Gasteiger charge is -2.10. The Labute approximate surface area is 171 Å². The van der Waals surface area contributed by atoms with E-state index >= 15 is 0 Å². The highest BCUT2D eigenvalue weighted by Gasteiger charge is 2.16. The van der Waals surface area contributed by atoms with Crippen molar-refractivity contribution in [1.82, 2.24) is 14.4 Å². The Morgan fingerprint density at radius 1 is 1.13 bits per heavy atom. The Hall–Kier alpha value is -4.20. The molecule has 0 aliphatic rings. The van der Waals surface area contributed by atoms with Crippen LogP contribution in [0.15, 0.2) is 67.1 Å². The third-order valence-electron chi connectivity index (χ3n) is 4.47. The summed E-state index contributed by atoms with van der Waals surface area (Å²) in [5.74, 6) is -0.723. The predicted octanol–water partition coefficient (Wildman–Crippen LogP) is 4.01. The number of aromatic carboxylic acids is 1. The van der Waals surface area contributed by atoms with E-state index in [0.717, 1.165) is 5.56 Å². The van der Waals surface area contributed by atoms with Crippen LogP contribution in [0.2, 0.25) is 0 Å². The van der Waals surface area contributed by atoms with E-state index < -0.39 is 11.9 Å². The van der Waals surface area contributed by atoms with Crippen molar-refractivity contribution in [3.8, 4) is 11.3 Å². The summed E-state index contributed by atoms with van der Waals surface area (Å²) in [4.78, 5) is 32.0. The van der Waals surface area contributed by atoms with Crippen LogP contribution in [0.3, 0.4) is 0 Å². The lowest BCUT2D eigenvalue weighted by atomic mass is 10.1. The molecule has 150 valence electrons. The Bertz CT molecular complexity index is 1230. The van der Waals surface area contributed by atoms with Crippen molar-refractivity contribution in [3.05, 3.63) is 78.2 Å². The highest BCUT2D eigenvalue weighted by atomic mass is 16.5. The van der Waals surface area contributed by atoms with Gasteiger partial charge in [0.1, 0.15) is 11.5 Å². The largest absolute Gasteiger partial charge is 0.478 e. The number of imidazole rings is 1. The average molecular weight is 402 g/mol. The number of fused-ring (bicyclic) bond motifs is 1. The molecule has 0 saturated heterocycles. The standard InChI is InChI=1S/C22H18N4O4/c1-2-30-22(29)16-4-3-5-17(12-16)24-20-19(25-18-13-23-10-11-26(18)20)14-6-8-15(9-7-14)21(27)28/h3-13,24H,2H2,1H3,(H,27,28). The normalized spacial score (nSPS) is 10.7. The van der Waals surface area contributed by atoms with Crippen LogP contribution in [0.5, 0.6) is 0 Å². The number of anilines is 2. The topological polar surface area (TPSA) is 106 Å². The number of carboxylic acid groups (broad SMARTS) is 1. The summed E-state index contributed by atoms with van der Waals surface area (Å²) >= 11 is 0. The van der Waals surface area contributed by atoms with Crippen molar-refractivity contribution in [2.45, 2.75) is 6.92 Å². The zero-order valence-corrected chi connectivity index (χ0v) is 16.1. The summed E-state index contributed by atoms with van der Waals surface area (Å²) in [7, 11) is 0. The van der Waals surface area contributed by atoms with Gasteiger partial charge >= 0.3 is 11.9 Å². The Balaban J connectivity index is 1.77. The van der Waals surface area contributed by atoms with E-state index in [4.69, 9.17) is 9.84 Å².